The topological polar surface area (TPSA) is 185 Å². The summed E-state index contributed by atoms with van der Waals surface area (Å²) >= 11 is -0.326. The summed E-state index contributed by atoms with van der Waals surface area (Å²) in [6.07, 6.45) is 5.81. The number of rotatable bonds is 12. The molecular weight excluding hydrogens is 713 g/mol. The Kier molecular flexibility index (Phi) is 10.6. The Morgan fingerprint density at radius 1 is 1.02 bits per heavy atom. The van der Waals surface area contributed by atoms with Crippen molar-refractivity contribution in [3.8, 4) is 0 Å². The Bertz CT molecular complexity index is 1300. The molecule has 2 heterocycles. The Hall–Kier alpha value is -1.97. The quantitative estimate of drug-likeness (QED) is 0.103. The van der Waals surface area contributed by atoms with Gasteiger partial charge in [-0.2, -0.15) is 0 Å². The van der Waals surface area contributed by atoms with Crippen LogP contribution >= 0.6 is 0 Å². The molecule has 0 aromatic carbocycles. The fraction of sp³-hybridized carbons (Fsp3) is 0.839. The van der Waals surface area contributed by atoms with Crippen molar-refractivity contribution in [1.29, 1.82) is 0 Å². The van der Waals surface area contributed by atoms with Crippen molar-refractivity contribution in [1.82, 2.24) is 20.9 Å². The van der Waals surface area contributed by atoms with Crippen molar-refractivity contribution in [3.05, 3.63) is 0 Å². The van der Waals surface area contributed by atoms with E-state index in [0.29, 0.717) is 25.8 Å². The third-order valence-corrected chi connectivity index (χ3v) is 16.0. The molecule has 0 radical (unpaired) electrons. The second-order valence-electron chi connectivity index (χ2n) is 15.0. The number of fused-ring (bicyclic) bond motifs is 1. The van der Waals surface area contributed by atoms with Crippen LogP contribution in [-0.2, 0) is 29.0 Å². The van der Waals surface area contributed by atoms with Gasteiger partial charge in [-0.3, -0.25) is 0 Å². The van der Waals surface area contributed by atoms with Crippen LogP contribution in [0.1, 0.15) is 92.9 Å². The molecule has 5 N–H and O–H groups in total. The molecule has 3 unspecified atom stereocenters. The molecule has 45 heavy (non-hydrogen) atoms. The molecular formula is C31H51IN5O7S-. The van der Waals surface area contributed by atoms with Gasteiger partial charge in [-0.05, 0) is 0 Å². The predicted molar refractivity (Wildman–Crippen MR) is 165 cm³/mol. The number of urea groups is 1. The van der Waals surface area contributed by atoms with Crippen molar-refractivity contribution in [2.75, 3.05) is 18.1 Å². The van der Waals surface area contributed by atoms with Crippen LogP contribution < -0.4 is 42.9 Å². The molecule has 2 aliphatic carbocycles. The predicted octanol–water partition coefficient (Wildman–Crippen LogP) is -1.75. The van der Waals surface area contributed by atoms with Gasteiger partial charge in [-0.15, -0.1) is 0 Å². The first-order valence-electron chi connectivity index (χ1n) is 16.2. The number of nitrogens with two attached hydrogens (primary N) is 1. The molecule has 5 amide bonds. The van der Waals surface area contributed by atoms with Gasteiger partial charge >= 0.3 is 272 Å². The zero-order valence-electron chi connectivity index (χ0n) is 27.4. The van der Waals surface area contributed by atoms with Crippen LogP contribution in [0, 0.1) is 17.3 Å². The summed E-state index contributed by atoms with van der Waals surface area (Å²) in [4.78, 5) is 68.0. The number of likely N-dealkylation sites (tertiary alicyclic amines) is 1. The average Bonchev–Trinajstić information content (AvgIpc) is 3.68. The molecule has 5 atom stereocenters. The molecule has 0 aromatic rings. The van der Waals surface area contributed by atoms with Crippen LogP contribution in [0.5, 0.6) is 0 Å². The second-order valence-corrected chi connectivity index (χ2v) is 22.4. The van der Waals surface area contributed by atoms with Crippen LogP contribution in [0.15, 0.2) is 0 Å². The molecule has 0 aromatic heterocycles. The summed E-state index contributed by atoms with van der Waals surface area (Å²) in [5, 5.41) is 8.64. The fourth-order valence-electron chi connectivity index (χ4n) is 7.24. The van der Waals surface area contributed by atoms with Gasteiger partial charge in [0.15, 0.2) is 0 Å². The maximum absolute atomic E-state index is 14.4. The number of sulfone groups is 1. The molecule has 4 fully saturated rings. The van der Waals surface area contributed by atoms with E-state index in [2.05, 4.69) is 29.8 Å². The van der Waals surface area contributed by atoms with Crippen molar-refractivity contribution in [3.63, 3.8) is 0 Å². The van der Waals surface area contributed by atoms with E-state index >= 15 is 0 Å². The van der Waals surface area contributed by atoms with Crippen LogP contribution in [0.2, 0.25) is 0 Å². The first-order valence-corrected chi connectivity index (χ1v) is 20.3. The Morgan fingerprint density at radius 3 is 2.16 bits per heavy atom. The van der Waals surface area contributed by atoms with Crippen molar-refractivity contribution in [2.24, 2.45) is 23.0 Å². The molecule has 2 aliphatic heterocycles. The van der Waals surface area contributed by atoms with Crippen LogP contribution in [0.3, 0.4) is 0 Å². The molecule has 0 bridgehead atoms. The number of hydrogen-bond acceptors (Lipinski definition) is 7. The number of carbonyl (C=O) groups is 5. The van der Waals surface area contributed by atoms with E-state index in [1.165, 1.54) is 0 Å². The number of hydrogen-bond donors (Lipinski definition) is 4. The molecule has 0 spiro atoms. The summed E-state index contributed by atoms with van der Waals surface area (Å²) in [5.74, 6) is -2.85. The van der Waals surface area contributed by atoms with E-state index in [4.69, 9.17) is 5.73 Å². The number of ketones is 1. The van der Waals surface area contributed by atoms with E-state index in [0.717, 1.165) is 32.1 Å². The average molecular weight is 765 g/mol. The van der Waals surface area contributed by atoms with Gasteiger partial charge in [0.05, 0.1) is 0 Å². The van der Waals surface area contributed by atoms with Crippen molar-refractivity contribution >= 4 is 39.4 Å². The summed E-state index contributed by atoms with van der Waals surface area (Å²) in [7, 11) is -3.38. The van der Waals surface area contributed by atoms with E-state index in [1.54, 1.807) is 11.8 Å². The molecule has 4 aliphatic rings. The SMILES string of the molecule is CCS(=O)(=O)CC1(NC(=O)N[C@H](C(=O)N2CC3[I-]C(C)(C)C3[C@H]2C(=O)NC(CC2CC2)C(=O)C(N)=O)C(C)(C)C)CCCCC1. The zero-order valence-corrected chi connectivity index (χ0v) is 30.4. The molecule has 12 nitrogen and oxygen atoms in total. The minimum atomic E-state index is -3.38. The number of carbonyl (C=O) groups excluding carboxylic acids is 5. The summed E-state index contributed by atoms with van der Waals surface area (Å²) in [5.41, 5.74) is 3.66. The van der Waals surface area contributed by atoms with Crippen molar-refractivity contribution < 1.29 is 53.6 Å². The van der Waals surface area contributed by atoms with Gasteiger partial charge in [-0.1, -0.05) is 6.92 Å². The van der Waals surface area contributed by atoms with E-state index in [1.807, 2.05) is 20.8 Å². The first kappa shape index (κ1) is 35.9. The summed E-state index contributed by atoms with van der Waals surface area (Å²) < 4.78 is 25.3. The monoisotopic (exact) mass is 764 g/mol. The van der Waals surface area contributed by atoms with Crippen LogP contribution in [0.4, 0.5) is 4.79 Å². The molecule has 2 saturated heterocycles. The van der Waals surface area contributed by atoms with Crippen LogP contribution in [-0.4, -0.2) is 91.9 Å². The van der Waals surface area contributed by atoms with E-state index < -0.39 is 68.5 Å². The van der Waals surface area contributed by atoms with Gasteiger partial charge < -0.3 is 0 Å². The van der Waals surface area contributed by atoms with Gasteiger partial charge in [0, 0.05) is 0 Å². The third kappa shape index (κ3) is 8.31. The Balaban J connectivity index is 1.57. The fourth-order valence-corrected chi connectivity index (χ4v) is 13.6. The minimum absolute atomic E-state index is 0.0204. The second kappa shape index (κ2) is 13.3. The number of Topliss-reactive ketones (excluding diaryl/α,β-unsaturated/α-hetero) is 1. The number of nitrogens with zero attached hydrogens (tertiary/aromatic N) is 1. The maximum atomic E-state index is 14.4. The zero-order chi connectivity index (χ0) is 33.5. The normalized spacial score (nSPS) is 27.1. The number of halogens is 1. The number of nitrogens with one attached hydrogen (secondary N) is 3. The van der Waals surface area contributed by atoms with Gasteiger partial charge in [0.1, 0.15) is 0 Å². The molecule has 14 heteroatoms. The third-order valence-electron chi connectivity index (χ3n) is 9.86. The Morgan fingerprint density at radius 2 is 1.64 bits per heavy atom. The summed E-state index contributed by atoms with van der Waals surface area (Å²) in [6.45, 7) is 11.7. The van der Waals surface area contributed by atoms with E-state index in [9.17, 15) is 32.4 Å². The van der Waals surface area contributed by atoms with Gasteiger partial charge in [0.25, 0.3) is 0 Å². The number of alkyl halides is 2. The van der Waals surface area contributed by atoms with Gasteiger partial charge in [-0.25, -0.2) is 0 Å². The van der Waals surface area contributed by atoms with Crippen LogP contribution in [0.25, 0.3) is 0 Å². The molecule has 2 saturated carbocycles. The molecule has 4 rings (SSSR count). The number of amides is 5. The summed E-state index contributed by atoms with van der Waals surface area (Å²) in [6, 6.07) is -3.51. The van der Waals surface area contributed by atoms with Crippen molar-refractivity contribution in [2.45, 2.75) is 124 Å². The van der Waals surface area contributed by atoms with E-state index in [-0.39, 0.29) is 51.9 Å². The van der Waals surface area contributed by atoms with Gasteiger partial charge in [0.2, 0.25) is 0 Å². The Labute approximate surface area is 277 Å². The molecule has 256 valence electrons. The standard InChI is InChI=1S/C31H51IN5O7S/c1-7-45(43,44)17-31(13-9-8-10-14-31)36-28(42)35-24(29(2,3)4)27(41)37-16-19-21(30(5,6)32-19)22(37)26(40)34-20(15-18-11-12-18)23(38)25(33)39/h18-22,24H,7-17H2,1-6H3,(H2,33,39)(H,34,40)(H2,35,36,42)/q-1/t19?,20?,21?,22-,24+/m0/s1. The number of primary amides is 1. The first-order chi connectivity index (χ1) is 20.8.